The number of amides is 1. The molecule has 0 bridgehead atoms. The molecule has 17 heavy (non-hydrogen) atoms. The Labute approximate surface area is 102 Å². The molecule has 0 aromatic heterocycles. The van der Waals surface area contributed by atoms with E-state index in [0.29, 0.717) is 6.54 Å². The zero-order chi connectivity index (χ0) is 12.7. The third-order valence-electron chi connectivity index (χ3n) is 2.80. The van der Waals surface area contributed by atoms with Gasteiger partial charge in [0.15, 0.2) is 0 Å². The minimum Gasteiger partial charge on any atom is -0.465 e. The van der Waals surface area contributed by atoms with Crippen LogP contribution in [0.1, 0.15) is 31.4 Å². The fourth-order valence-corrected chi connectivity index (χ4v) is 1.77. The minimum absolute atomic E-state index is 0.112. The molecule has 1 rings (SSSR count). The molecule has 0 aliphatic heterocycles. The Hall–Kier alpha value is -1.77. The van der Waals surface area contributed by atoms with Gasteiger partial charge in [-0.2, -0.15) is 0 Å². The Balaban J connectivity index is 2.70. The van der Waals surface area contributed by atoms with Gasteiger partial charge in [-0.3, -0.25) is 0 Å². The highest BCUT2D eigenvalue weighted by atomic mass is 16.4. The number of rotatable bonds is 6. The molecular formula is C14H19NO2. The van der Waals surface area contributed by atoms with Gasteiger partial charge in [-0.1, -0.05) is 36.4 Å². The molecule has 1 N–H and O–H groups in total. The molecule has 92 valence electrons. The van der Waals surface area contributed by atoms with E-state index >= 15 is 0 Å². The first-order chi connectivity index (χ1) is 8.16. The fraction of sp³-hybridized carbons (Fsp3) is 0.357. The summed E-state index contributed by atoms with van der Waals surface area (Å²) in [5.41, 5.74) is 1.02. The van der Waals surface area contributed by atoms with Crippen molar-refractivity contribution in [1.82, 2.24) is 4.90 Å². The summed E-state index contributed by atoms with van der Waals surface area (Å²) in [5, 5.41) is 9.20. The van der Waals surface area contributed by atoms with E-state index in [1.165, 1.54) is 4.90 Å². The summed E-state index contributed by atoms with van der Waals surface area (Å²) in [6.07, 6.45) is 2.59. The topological polar surface area (TPSA) is 40.5 Å². The minimum atomic E-state index is -0.870. The van der Waals surface area contributed by atoms with Gasteiger partial charge in [0.2, 0.25) is 0 Å². The molecule has 0 heterocycles. The smallest absolute Gasteiger partial charge is 0.407 e. The molecule has 1 atom stereocenters. The van der Waals surface area contributed by atoms with Crippen molar-refractivity contribution in [3.8, 4) is 0 Å². The Morgan fingerprint density at radius 3 is 2.65 bits per heavy atom. The van der Waals surface area contributed by atoms with Crippen LogP contribution in [0.25, 0.3) is 0 Å². The molecule has 1 aromatic carbocycles. The second-order valence-electron chi connectivity index (χ2n) is 3.99. The van der Waals surface area contributed by atoms with E-state index in [-0.39, 0.29) is 6.04 Å². The highest BCUT2D eigenvalue weighted by Crippen LogP contribution is 2.20. The number of carbonyl (C=O) groups is 1. The van der Waals surface area contributed by atoms with E-state index in [9.17, 15) is 9.90 Å². The summed E-state index contributed by atoms with van der Waals surface area (Å²) < 4.78 is 0. The van der Waals surface area contributed by atoms with Crippen molar-refractivity contribution in [2.24, 2.45) is 0 Å². The molecular weight excluding hydrogens is 214 g/mol. The number of carboxylic acid groups (broad SMARTS) is 1. The summed E-state index contributed by atoms with van der Waals surface area (Å²) in [4.78, 5) is 12.7. The molecule has 3 nitrogen and oxygen atoms in total. The van der Waals surface area contributed by atoms with Crippen LogP contribution in [0.3, 0.4) is 0 Å². The second kappa shape index (κ2) is 6.74. The van der Waals surface area contributed by atoms with Crippen molar-refractivity contribution in [1.29, 1.82) is 0 Å². The van der Waals surface area contributed by atoms with Crippen LogP contribution in [0.5, 0.6) is 0 Å². The van der Waals surface area contributed by atoms with E-state index in [1.54, 1.807) is 0 Å². The van der Waals surface area contributed by atoms with Crippen molar-refractivity contribution in [2.45, 2.75) is 25.8 Å². The first-order valence-electron chi connectivity index (χ1n) is 5.82. The molecule has 0 unspecified atom stereocenters. The number of benzene rings is 1. The summed E-state index contributed by atoms with van der Waals surface area (Å²) in [6.45, 7) is 6.09. The molecule has 0 spiro atoms. The molecule has 0 saturated heterocycles. The first-order valence-corrected chi connectivity index (χ1v) is 5.82. The van der Waals surface area contributed by atoms with E-state index < -0.39 is 6.09 Å². The third-order valence-corrected chi connectivity index (χ3v) is 2.80. The highest BCUT2D eigenvalue weighted by molar-refractivity contribution is 5.65. The highest BCUT2D eigenvalue weighted by Gasteiger charge is 2.19. The lowest BCUT2D eigenvalue weighted by atomic mass is 10.1. The first kappa shape index (κ1) is 13.3. The van der Waals surface area contributed by atoms with E-state index in [2.05, 4.69) is 6.58 Å². The molecule has 0 fully saturated rings. The Kier molecular flexibility index (Phi) is 5.27. The molecule has 0 saturated carbocycles. The summed E-state index contributed by atoms with van der Waals surface area (Å²) in [7, 11) is 0. The summed E-state index contributed by atoms with van der Waals surface area (Å²) in [5.74, 6) is 0. The number of hydrogen-bond acceptors (Lipinski definition) is 1. The lowest BCUT2D eigenvalue weighted by Gasteiger charge is -2.26. The van der Waals surface area contributed by atoms with Crippen LogP contribution in [0.15, 0.2) is 43.0 Å². The van der Waals surface area contributed by atoms with Gasteiger partial charge in [-0.05, 0) is 25.3 Å². The van der Waals surface area contributed by atoms with E-state index in [0.717, 1.165) is 18.4 Å². The van der Waals surface area contributed by atoms with Crippen molar-refractivity contribution >= 4 is 6.09 Å². The van der Waals surface area contributed by atoms with Crippen LogP contribution in [-0.4, -0.2) is 22.6 Å². The SMILES string of the molecule is C=CCCCN(C(=O)O)[C@H](C)c1ccccc1. The summed E-state index contributed by atoms with van der Waals surface area (Å²) in [6, 6.07) is 9.57. The molecule has 3 heteroatoms. The van der Waals surface area contributed by atoms with Gasteiger partial charge in [0.1, 0.15) is 0 Å². The van der Waals surface area contributed by atoms with Gasteiger partial charge < -0.3 is 10.0 Å². The standard InChI is InChI=1S/C14H19NO2/c1-3-4-8-11-15(14(16)17)12(2)13-9-6-5-7-10-13/h3,5-7,9-10,12H,1,4,8,11H2,2H3,(H,16,17)/t12-/m1/s1. The van der Waals surface area contributed by atoms with Crippen molar-refractivity contribution in [3.63, 3.8) is 0 Å². The quantitative estimate of drug-likeness (QED) is 0.601. The third kappa shape index (κ3) is 3.94. The molecule has 1 aromatic rings. The molecule has 0 aliphatic rings. The van der Waals surface area contributed by atoms with Crippen LogP contribution in [0.4, 0.5) is 4.79 Å². The van der Waals surface area contributed by atoms with Crippen LogP contribution >= 0.6 is 0 Å². The fourth-order valence-electron chi connectivity index (χ4n) is 1.77. The normalized spacial score (nSPS) is 11.8. The van der Waals surface area contributed by atoms with E-state index in [4.69, 9.17) is 0 Å². The average molecular weight is 233 g/mol. The van der Waals surface area contributed by atoms with Crippen LogP contribution < -0.4 is 0 Å². The van der Waals surface area contributed by atoms with Crippen LogP contribution in [0.2, 0.25) is 0 Å². The van der Waals surface area contributed by atoms with E-state index in [1.807, 2.05) is 43.3 Å². The predicted octanol–water partition coefficient (Wildman–Crippen LogP) is 3.69. The molecule has 1 amide bonds. The van der Waals surface area contributed by atoms with Gasteiger partial charge in [-0.25, -0.2) is 4.79 Å². The maximum atomic E-state index is 11.2. The van der Waals surface area contributed by atoms with Gasteiger partial charge in [-0.15, -0.1) is 6.58 Å². The molecule has 0 aliphatic carbocycles. The summed E-state index contributed by atoms with van der Waals surface area (Å²) >= 11 is 0. The van der Waals surface area contributed by atoms with Crippen LogP contribution in [-0.2, 0) is 0 Å². The van der Waals surface area contributed by atoms with Gasteiger partial charge in [0, 0.05) is 6.54 Å². The number of allylic oxidation sites excluding steroid dienone is 1. The average Bonchev–Trinajstić information content (AvgIpc) is 2.34. The lowest BCUT2D eigenvalue weighted by Crippen LogP contribution is -2.33. The van der Waals surface area contributed by atoms with Gasteiger partial charge in [0.05, 0.1) is 6.04 Å². The monoisotopic (exact) mass is 233 g/mol. The zero-order valence-electron chi connectivity index (χ0n) is 10.2. The zero-order valence-corrected chi connectivity index (χ0v) is 10.2. The largest absolute Gasteiger partial charge is 0.465 e. The number of hydrogen-bond donors (Lipinski definition) is 1. The van der Waals surface area contributed by atoms with Crippen molar-refractivity contribution in [3.05, 3.63) is 48.6 Å². The Morgan fingerprint density at radius 2 is 2.12 bits per heavy atom. The second-order valence-corrected chi connectivity index (χ2v) is 3.99. The van der Waals surface area contributed by atoms with Gasteiger partial charge >= 0.3 is 6.09 Å². The molecule has 0 radical (unpaired) electrons. The maximum Gasteiger partial charge on any atom is 0.407 e. The lowest BCUT2D eigenvalue weighted by molar-refractivity contribution is 0.127. The maximum absolute atomic E-state index is 11.2. The Morgan fingerprint density at radius 1 is 1.47 bits per heavy atom. The Bertz CT molecular complexity index is 362. The predicted molar refractivity (Wildman–Crippen MR) is 69.0 cm³/mol. The van der Waals surface area contributed by atoms with Crippen molar-refractivity contribution < 1.29 is 9.90 Å². The van der Waals surface area contributed by atoms with Gasteiger partial charge in [0.25, 0.3) is 0 Å². The van der Waals surface area contributed by atoms with Crippen molar-refractivity contribution in [2.75, 3.05) is 6.54 Å². The number of nitrogens with zero attached hydrogens (tertiary/aromatic N) is 1. The van der Waals surface area contributed by atoms with Crippen LogP contribution in [0, 0.1) is 0 Å². The number of unbranched alkanes of at least 4 members (excludes halogenated alkanes) is 1.